The molecule has 3 aromatic rings. The van der Waals surface area contributed by atoms with Gasteiger partial charge in [0.05, 0.1) is 11.3 Å². The summed E-state index contributed by atoms with van der Waals surface area (Å²) in [5.74, 6) is 0.202. The number of alkyl halides is 3. The quantitative estimate of drug-likeness (QED) is 0.637. The molecule has 0 fully saturated rings. The van der Waals surface area contributed by atoms with E-state index in [9.17, 15) is 18.0 Å². The number of hydrogen-bond acceptors (Lipinski definition) is 2. The Morgan fingerprint density at radius 3 is 2.58 bits per heavy atom. The highest BCUT2D eigenvalue weighted by Crippen LogP contribution is 2.30. The van der Waals surface area contributed by atoms with Crippen LogP contribution in [0.4, 0.5) is 18.9 Å². The number of aromatic nitrogens is 1. The number of aromatic amines is 1. The fraction of sp³-hybridized carbons (Fsp3) is 0.105. The maximum atomic E-state index is 12.6. The van der Waals surface area contributed by atoms with Crippen LogP contribution in [0.2, 0.25) is 0 Å². The first-order chi connectivity index (χ1) is 12.4. The largest absolute Gasteiger partial charge is 0.489 e. The van der Waals surface area contributed by atoms with Crippen LogP contribution in [0.1, 0.15) is 11.1 Å². The van der Waals surface area contributed by atoms with Crippen molar-refractivity contribution in [2.24, 2.45) is 0 Å². The highest BCUT2D eigenvalue weighted by Gasteiger charge is 2.29. The van der Waals surface area contributed by atoms with Gasteiger partial charge in [-0.25, -0.2) is 0 Å². The number of benzene rings is 2. The van der Waals surface area contributed by atoms with Crippen molar-refractivity contribution < 1.29 is 22.7 Å². The molecule has 0 spiro atoms. The molecular weight excluding hydrogens is 345 g/mol. The number of halogens is 3. The molecule has 2 N–H and O–H groups in total. The molecule has 1 aromatic heterocycles. The van der Waals surface area contributed by atoms with Crippen LogP contribution in [0, 0.1) is 0 Å². The van der Waals surface area contributed by atoms with E-state index in [-0.39, 0.29) is 12.5 Å². The summed E-state index contributed by atoms with van der Waals surface area (Å²) >= 11 is 0. The van der Waals surface area contributed by atoms with E-state index in [0.717, 1.165) is 23.0 Å². The molecule has 0 saturated carbocycles. The molecule has 0 unspecified atom stereocenters. The highest BCUT2D eigenvalue weighted by atomic mass is 19.4. The lowest BCUT2D eigenvalue weighted by molar-refractivity contribution is -0.137. The topological polar surface area (TPSA) is 54.1 Å². The number of hydrogen-bond donors (Lipinski definition) is 2. The Morgan fingerprint density at radius 2 is 1.92 bits per heavy atom. The highest BCUT2D eigenvalue weighted by molar-refractivity contribution is 6.05. The van der Waals surface area contributed by atoms with Gasteiger partial charge in [-0.3, -0.25) is 4.79 Å². The van der Waals surface area contributed by atoms with Crippen molar-refractivity contribution in [2.75, 3.05) is 5.32 Å². The molecule has 7 heteroatoms. The normalized spacial score (nSPS) is 11.3. The number of amides is 1. The van der Waals surface area contributed by atoms with Crippen molar-refractivity contribution in [3.63, 3.8) is 0 Å². The van der Waals surface area contributed by atoms with Crippen LogP contribution >= 0.6 is 0 Å². The number of carbonyl (C=O) groups excluding carboxylic acids is 1. The van der Waals surface area contributed by atoms with E-state index >= 15 is 0 Å². The third-order valence-electron chi connectivity index (χ3n) is 3.78. The van der Waals surface area contributed by atoms with E-state index in [2.05, 4.69) is 16.9 Å². The first-order valence-corrected chi connectivity index (χ1v) is 7.70. The van der Waals surface area contributed by atoms with Crippen molar-refractivity contribution >= 4 is 22.5 Å². The van der Waals surface area contributed by atoms with Crippen molar-refractivity contribution in [2.45, 2.75) is 12.8 Å². The summed E-state index contributed by atoms with van der Waals surface area (Å²) in [5.41, 5.74) is 1.32. The minimum absolute atomic E-state index is 0.127. The van der Waals surface area contributed by atoms with Crippen LogP contribution in [-0.4, -0.2) is 10.9 Å². The van der Waals surface area contributed by atoms with Gasteiger partial charge in [-0.2, -0.15) is 13.2 Å². The molecular formula is C19H15F3N2O2. The molecule has 0 radical (unpaired) electrons. The molecule has 134 valence electrons. The minimum atomic E-state index is -4.36. The second-order valence-electron chi connectivity index (χ2n) is 5.59. The molecule has 2 aromatic carbocycles. The molecule has 0 bridgehead atoms. The SMILES string of the molecule is C=CC(=O)Nc1c[nH]c2ccc(OCc3ccc(C(F)(F)F)cc3)cc12. The third kappa shape index (κ3) is 3.88. The fourth-order valence-electron chi connectivity index (χ4n) is 2.43. The summed E-state index contributed by atoms with van der Waals surface area (Å²) in [5, 5.41) is 3.44. The molecule has 1 heterocycles. The van der Waals surface area contributed by atoms with Gasteiger partial charge < -0.3 is 15.0 Å². The maximum Gasteiger partial charge on any atom is 0.416 e. The molecule has 26 heavy (non-hydrogen) atoms. The van der Waals surface area contributed by atoms with Gasteiger partial charge in [0.1, 0.15) is 12.4 Å². The Morgan fingerprint density at radius 1 is 1.19 bits per heavy atom. The number of carbonyl (C=O) groups is 1. The lowest BCUT2D eigenvalue weighted by Gasteiger charge is -2.09. The molecule has 0 saturated heterocycles. The molecule has 0 aliphatic rings. The molecule has 3 rings (SSSR count). The van der Waals surface area contributed by atoms with Crippen LogP contribution in [-0.2, 0) is 17.6 Å². The number of nitrogens with one attached hydrogen (secondary N) is 2. The van der Waals surface area contributed by atoms with E-state index in [1.54, 1.807) is 24.4 Å². The maximum absolute atomic E-state index is 12.6. The minimum Gasteiger partial charge on any atom is -0.489 e. The van der Waals surface area contributed by atoms with E-state index < -0.39 is 11.7 Å². The Balaban J connectivity index is 1.73. The average Bonchev–Trinajstić information content (AvgIpc) is 3.01. The zero-order valence-electron chi connectivity index (χ0n) is 13.6. The third-order valence-corrected chi connectivity index (χ3v) is 3.78. The van der Waals surface area contributed by atoms with Gasteiger partial charge in [0.2, 0.25) is 5.91 Å². The van der Waals surface area contributed by atoms with Gasteiger partial charge in [-0.15, -0.1) is 0 Å². The Kier molecular flexibility index (Phi) is 4.71. The zero-order valence-corrected chi connectivity index (χ0v) is 13.6. The second kappa shape index (κ2) is 6.95. The summed E-state index contributed by atoms with van der Waals surface area (Å²) in [4.78, 5) is 14.5. The average molecular weight is 360 g/mol. The lowest BCUT2D eigenvalue weighted by atomic mass is 10.1. The van der Waals surface area contributed by atoms with Crippen LogP contribution in [0.3, 0.4) is 0 Å². The Labute approximate surface area is 147 Å². The number of fused-ring (bicyclic) bond motifs is 1. The second-order valence-corrected chi connectivity index (χ2v) is 5.59. The summed E-state index contributed by atoms with van der Waals surface area (Å²) in [6.07, 6.45) is -1.53. The molecule has 1 amide bonds. The Bertz CT molecular complexity index is 944. The van der Waals surface area contributed by atoms with Crippen LogP contribution < -0.4 is 10.1 Å². The summed E-state index contributed by atoms with van der Waals surface area (Å²) < 4.78 is 43.4. The van der Waals surface area contributed by atoms with Gasteiger partial charge in [-0.1, -0.05) is 18.7 Å². The van der Waals surface area contributed by atoms with Gasteiger partial charge in [0.15, 0.2) is 0 Å². The number of anilines is 1. The fourth-order valence-corrected chi connectivity index (χ4v) is 2.43. The molecule has 0 aliphatic carbocycles. The monoisotopic (exact) mass is 360 g/mol. The first-order valence-electron chi connectivity index (χ1n) is 7.70. The zero-order chi connectivity index (χ0) is 18.7. The van der Waals surface area contributed by atoms with Crippen molar-refractivity contribution in [1.29, 1.82) is 0 Å². The van der Waals surface area contributed by atoms with Gasteiger partial charge in [-0.05, 0) is 42.0 Å². The van der Waals surface area contributed by atoms with E-state index in [0.29, 0.717) is 17.0 Å². The van der Waals surface area contributed by atoms with Crippen molar-refractivity contribution in [3.8, 4) is 5.75 Å². The lowest BCUT2D eigenvalue weighted by Crippen LogP contribution is -2.06. The van der Waals surface area contributed by atoms with Crippen LogP contribution in [0.25, 0.3) is 10.9 Å². The Hall–Kier alpha value is -3.22. The van der Waals surface area contributed by atoms with Crippen molar-refractivity contribution in [1.82, 2.24) is 4.98 Å². The van der Waals surface area contributed by atoms with Gasteiger partial charge in [0, 0.05) is 17.1 Å². The van der Waals surface area contributed by atoms with E-state index in [4.69, 9.17) is 4.74 Å². The number of ether oxygens (including phenoxy) is 1. The predicted molar refractivity (Wildman–Crippen MR) is 92.9 cm³/mol. The standard InChI is InChI=1S/C19H15F3N2O2/c1-2-18(25)24-17-10-23-16-8-7-14(9-15(16)17)26-11-12-3-5-13(6-4-12)19(20,21)22/h2-10,23H,1,11H2,(H,24,25). The number of H-pyrrole nitrogens is 1. The predicted octanol–water partition coefficient (Wildman–Crippen LogP) is 4.89. The van der Waals surface area contributed by atoms with E-state index in [1.807, 2.05) is 0 Å². The molecule has 0 aliphatic heterocycles. The van der Waals surface area contributed by atoms with Gasteiger partial charge in [0.25, 0.3) is 0 Å². The number of rotatable bonds is 5. The van der Waals surface area contributed by atoms with Crippen LogP contribution in [0.5, 0.6) is 5.75 Å². The first kappa shape index (κ1) is 17.6. The molecule has 4 nitrogen and oxygen atoms in total. The summed E-state index contributed by atoms with van der Waals surface area (Å²) in [6.45, 7) is 3.53. The van der Waals surface area contributed by atoms with Gasteiger partial charge >= 0.3 is 6.18 Å². The van der Waals surface area contributed by atoms with Crippen LogP contribution in [0.15, 0.2) is 61.3 Å². The summed E-state index contributed by atoms with van der Waals surface area (Å²) in [7, 11) is 0. The van der Waals surface area contributed by atoms with Crippen molar-refractivity contribution in [3.05, 3.63) is 72.4 Å². The van der Waals surface area contributed by atoms with E-state index in [1.165, 1.54) is 18.2 Å². The summed E-state index contributed by atoms with van der Waals surface area (Å²) in [6, 6.07) is 10.1. The molecule has 0 atom stereocenters. The smallest absolute Gasteiger partial charge is 0.416 e.